The summed E-state index contributed by atoms with van der Waals surface area (Å²) in [5.41, 5.74) is 7.96. The Kier molecular flexibility index (Phi) is 2.29. The summed E-state index contributed by atoms with van der Waals surface area (Å²) < 4.78 is 4.24. The minimum atomic E-state index is 0.743. The predicted octanol–water partition coefficient (Wildman–Crippen LogP) is 0.873. The maximum Gasteiger partial charge on any atom is 0.214 e. The second kappa shape index (κ2) is 3.46. The van der Waals surface area contributed by atoms with E-state index >= 15 is 0 Å². The van der Waals surface area contributed by atoms with E-state index in [2.05, 4.69) is 27.1 Å². The highest BCUT2D eigenvalue weighted by Gasteiger charge is 2.07. The number of hydrogen-bond donors (Lipinski definition) is 1. The first-order chi connectivity index (χ1) is 6.74. The van der Waals surface area contributed by atoms with E-state index in [1.54, 1.807) is 0 Å². The molecule has 0 fully saturated rings. The highest BCUT2D eigenvalue weighted by atomic mass is 15.2. The zero-order valence-electron chi connectivity index (χ0n) is 8.70. The van der Waals surface area contributed by atoms with E-state index in [1.165, 1.54) is 11.4 Å². The van der Waals surface area contributed by atoms with Crippen molar-refractivity contribution in [2.24, 2.45) is 12.8 Å². The molecule has 0 aromatic carbocycles. The number of imidazole rings is 2. The Bertz CT molecular complexity index is 438. The predicted molar refractivity (Wildman–Crippen MR) is 56.3 cm³/mol. The summed E-state index contributed by atoms with van der Waals surface area (Å²) in [5.74, 6) is 1.01. The molecule has 0 bridgehead atoms. The lowest BCUT2D eigenvalue weighted by atomic mass is 10.2. The van der Waals surface area contributed by atoms with Crippen molar-refractivity contribution >= 4 is 5.78 Å². The van der Waals surface area contributed by atoms with Gasteiger partial charge in [-0.05, 0) is 26.3 Å². The molecule has 0 saturated carbocycles. The van der Waals surface area contributed by atoms with Crippen LogP contribution in [0.15, 0.2) is 12.4 Å². The third-order valence-corrected chi connectivity index (χ3v) is 2.61. The molecule has 0 spiro atoms. The van der Waals surface area contributed by atoms with Crippen LogP contribution in [0.3, 0.4) is 0 Å². The smallest absolute Gasteiger partial charge is 0.214 e. The highest BCUT2D eigenvalue weighted by molar-refractivity contribution is 5.36. The van der Waals surface area contributed by atoms with Gasteiger partial charge in [0, 0.05) is 24.6 Å². The van der Waals surface area contributed by atoms with Crippen LogP contribution in [-0.4, -0.2) is 20.5 Å². The SMILES string of the molecule is Cc1cnc2n(C)c(CCCN)cn12. The summed E-state index contributed by atoms with van der Waals surface area (Å²) in [6.45, 7) is 2.80. The normalized spacial score (nSPS) is 11.4. The van der Waals surface area contributed by atoms with Crippen molar-refractivity contribution in [1.82, 2.24) is 14.0 Å². The van der Waals surface area contributed by atoms with Gasteiger partial charge >= 0.3 is 0 Å². The van der Waals surface area contributed by atoms with Crippen molar-refractivity contribution in [3.8, 4) is 0 Å². The van der Waals surface area contributed by atoms with Crippen molar-refractivity contribution in [3.05, 3.63) is 23.8 Å². The first-order valence-electron chi connectivity index (χ1n) is 4.92. The van der Waals surface area contributed by atoms with Crippen molar-refractivity contribution in [1.29, 1.82) is 0 Å². The summed E-state index contributed by atoms with van der Waals surface area (Å²) in [4.78, 5) is 4.34. The van der Waals surface area contributed by atoms with Crippen LogP contribution >= 0.6 is 0 Å². The van der Waals surface area contributed by atoms with Crippen LogP contribution in [0.2, 0.25) is 0 Å². The molecule has 4 heteroatoms. The van der Waals surface area contributed by atoms with E-state index in [1.807, 2.05) is 13.2 Å². The fourth-order valence-corrected chi connectivity index (χ4v) is 1.72. The molecule has 0 amide bonds. The maximum atomic E-state index is 5.49. The van der Waals surface area contributed by atoms with Crippen LogP contribution in [0.5, 0.6) is 0 Å². The maximum absolute atomic E-state index is 5.49. The number of nitrogens with two attached hydrogens (primary N) is 1. The summed E-state index contributed by atoms with van der Waals surface area (Å²) in [6.07, 6.45) is 6.09. The van der Waals surface area contributed by atoms with E-state index in [0.29, 0.717) is 0 Å². The molecule has 4 nitrogen and oxygen atoms in total. The Labute approximate surface area is 83.4 Å². The molecule has 2 N–H and O–H groups in total. The van der Waals surface area contributed by atoms with Gasteiger partial charge in [0.15, 0.2) is 0 Å². The number of hydrogen-bond acceptors (Lipinski definition) is 2. The summed E-state index contributed by atoms with van der Waals surface area (Å²) in [7, 11) is 2.05. The molecule has 2 rings (SSSR count). The van der Waals surface area contributed by atoms with Crippen LogP contribution in [0.4, 0.5) is 0 Å². The Morgan fingerprint density at radius 3 is 2.93 bits per heavy atom. The van der Waals surface area contributed by atoms with Gasteiger partial charge in [-0.2, -0.15) is 0 Å². The molecule has 0 atom stereocenters. The Hall–Kier alpha value is -1.29. The lowest BCUT2D eigenvalue weighted by Gasteiger charge is -1.99. The third kappa shape index (κ3) is 1.32. The third-order valence-electron chi connectivity index (χ3n) is 2.61. The molecule has 0 unspecified atom stereocenters. The Morgan fingerprint density at radius 2 is 2.29 bits per heavy atom. The largest absolute Gasteiger partial charge is 0.330 e. The molecule has 2 aromatic rings. The zero-order valence-corrected chi connectivity index (χ0v) is 8.70. The van der Waals surface area contributed by atoms with Crippen molar-refractivity contribution in [2.75, 3.05) is 6.54 Å². The lowest BCUT2D eigenvalue weighted by molar-refractivity contribution is 0.762. The average Bonchev–Trinajstić information content (AvgIpc) is 2.67. The van der Waals surface area contributed by atoms with Gasteiger partial charge in [-0.3, -0.25) is 4.40 Å². The van der Waals surface area contributed by atoms with Crippen molar-refractivity contribution in [2.45, 2.75) is 19.8 Å². The molecular weight excluding hydrogens is 176 g/mol. The fraction of sp³-hybridized carbons (Fsp3) is 0.500. The second-order valence-corrected chi connectivity index (χ2v) is 3.64. The van der Waals surface area contributed by atoms with Gasteiger partial charge in [0.25, 0.3) is 0 Å². The summed E-state index contributed by atoms with van der Waals surface area (Å²) in [6, 6.07) is 0. The monoisotopic (exact) mass is 192 g/mol. The first kappa shape index (κ1) is 9.27. The minimum absolute atomic E-state index is 0.743. The van der Waals surface area contributed by atoms with Gasteiger partial charge in [0.05, 0.1) is 6.20 Å². The molecule has 0 aliphatic heterocycles. The molecule has 0 radical (unpaired) electrons. The second-order valence-electron chi connectivity index (χ2n) is 3.64. The van der Waals surface area contributed by atoms with Gasteiger partial charge in [-0.1, -0.05) is 0 Å². The van der Waals surface area contributed by atoms with E-state index < -0.39 is 0 Å². The van der Waals surface area contributed by atoms with E-state index in [-0.39, 0.29) is 0 Å². The molecule has 0 saturated heterocycles. The zero-order chi connectivity index (χ0) is 10.1. The Morgan fingerprint density at radius 1 is 1.50 bits per heavy atom. The van der Waals surface area contributed by atoms with Gasteiger partial charge in [-0.15, -0.1) is 0 Å². The minimum Gasteiger partial charge on any atom is -0.330 e. The molecule has 0 aliphatic carbocycles. The van der Waals surface area contributed by atoms with E-state index in [4.69, 9.17) is 5.73 Å². The van der Waals surface area contributed by atoms with Gasteiger partial charge in [-0.25, -0.2) is 4.98 Å². The van der Waals surface area contributed by atoms with Gasteiger partial charge in [0.1, 0.15) is 0 Å². The molecule has 14 heavy (non-hydrogen) atoms. The standard InChI is InChI=1S/C10H16N4/c1-8-6-12-10-13(2)9(4-3-5-11)7-14(8)10/h6-7H,3-5,11H2,1-2H3. The number of fused-ring (bicyclic) bond motifs is 1. The lowest BCUT2D eigenvalue weighted by Crippen LogP contribution is -2.03. The van der Waals surface area contributed by atoms with Crippen LogP contribution in [0, 0.1) is 6.92 Å². The van der Waals surface area contributed by atoms with Crippen LogP contribution in [0.1, 0.15) is 17.8 Å². The highest BCUT2D eigenvalue weighted by Crippen LogP contribution is 2.11. The van der Waals surface area contributed by atoms with Crippen LogP contribution < -0.4 is 5.73 Å². The summed E-state index contributed by atoms with van der Waals surface area (Å²) in [5, 5.41) is 0. The Balaban J connectivity index is 2.41. The number of nitrogens with zero attached hydrogens (tertiary/aromatic N) is 3. The van der Waals surface area contributed by atoms with Crippen LogP contribution in [0.25, 0.3) is 5.78 Å². The number of aromatic nitrogens is 3. The molecule has 2 aromatic heterocycles. The van der Waals surface area contributed by atoms with Crippen molar-refractivity contribution in [3.63, 3.8) is 0 Å². The molecule has 76 valence electrons. The van der Waals surface area contributed by atoms with E-state index in [0.717, 1.165) is 25.2 Å². The quantitative estimate of drug-likeness (QED) is 0.784. The number of rotatable bonds is 3. The van der Waals surface area contributed by atoms with Gasteiger partial charge < -0.3 is 10.3 Å². The van der Waals surface area contributed by atoms with E-state index in [9.17, 15) is 0 Å². The fourth-order valence-electron chi connectivity index (χ4n) is 1.72. The average molecular weight is 192 g/mol. The molecule has 2 heterocycles. The van der Waals surface area contributed by atoms with Crippen molar-refractivity contribution < 1.29 is 0 Å². The molecule has 0 aliphatic rings. The van der Waals surface area contributed by atoms with Gasteiger partial charge in [0.2, 0.25) is 5.78 Å². The topological polar surface area (TPSA) is 48.2 Å². The summed E-state index contributed by atoms with van der Waals surface area (Å²) >= 11 is 0. The van der Waals surface area contributed by atoms with Crippen LogP contribution in [-0.2, 0) is 13.5 Å². The molecular formula is C10H16N4. The first-order valence-corrected chi connectivity index (χ1v) is 4.92. The number of aryl methyl sites for hydroxylation is 3.